The van der Waals surface area contributed by atoms with E-state index in [-0.39, 0.29) is 37.4 Å². The second-order valence-corrected chi connectivity index (χ2v) is 9.09. The molecular formula is C26H28N2O5. The van der Waals surface area contributed by atoms with Gasteiger partial charge in [-0.05, 0) is 56.5 Å². The van der Waals surface area contributed by atoms with Crippen LogP contribution in [0.1, 0.15) is 36.1 Å². The Morgan fingerprint density at radius 1 is 0.909 bits per heavy atom. The second kappa shape index (κ2) is 8.23. The highest BCUT2D eigenvalue weighted by molar-refractivity contribution is 6.35. The Bertz CT molecular complexity index is 1160. The molecule has 0 saturated carbocycles. The summed E-state index contributed by atoms with van der Waals surface area (Å²) in [7, 11) is 0. The van der Waals surface area contributed by atoms with Gasteiger partial charge in [-0.15, -0.1) is 0 Å². The molecule has 0 spiro atoms. The summed E-state index contributed by atoms with van der Waals surface area (Å²) in [4.78, 5) is 30.8. The first-order valence-corrected chi connectivity index (χ1v) is 11.3. The lowest BCUT2D eigenvalue weighted by atomic mass is 9.97. The summed E-state index contributed by atoms with van der Waals surface area (Å²) in [5.41, 5.74) is 4.64. The molecule has 2 amide bonds. The van der Waals surface area contributed by atoms with Crippen molar-refractivity contribution in [3.8, 4) is 11.5 Å². The van der Waals surface area contributed by atoms with Gasteiger partial charge in [-0.1, -0.05) is 29.8 Å². The molecule has 0 bridgehead atoms. The monoisotopic (exact) mass is 448 g/mol. The fourth-order valence-electron chi connectivity index (χ4n) is 4.92. The van der Waals surface area contributed by atoms with Crippen molar-refractivity contribution in [2.45, 2.75) is 46.4 Å². The number of hydrogen-bond acceptors (Lipinski definition) is 6. The van der Waals surface area contributed by atoms with E-state index in [0.29, 0.717) is 35.9 Å². The Hall–Kier alpha value is -3.32. The number of imide groups is 1. The predicted octanol–water partition coefficient (Wildman–Crippen LogP) is 3.42. The Labute approximate surface area is 193 Å². The number of carbonyl (C=O) groups is 2. The van der Waals surface area contributed by atoms with Gasteiger partial charge in [-0.3, -0.25) is 14.5 Å². The minimum atomic E-state index is -0.272. The molecule has 7 nitrogen and oxygen atoms in total. The van der Waals surface area contributed by atoms with Crippen LogP contribution in [-0.4, -0.2) is 53.7 Å². The molecule has 7 heteroatoms. The highest BCUT2D eigenvalue weighted by atomic mass is 16.7. The van der Waals surface area contributed by atoms with E-state index in [4.69, 9.17) is 14.2 Å². The first kappa shape index (κ1) is 21.5. The normalized spacial score (nSPS) is 22.5. The van der Waals surface area contributed by atoms with Crippen LogP contribution < -0.4 is 9.47 Å². The summed E-state index contributed by atoms with van der Waals surface area (Å²) in [6.07, 6.45) is -0.0696. The van der Waals surface area contributed by atoms with Crippen molar-refractivity contribution in [3.05, 3.63) is 64.3 Å². The number of nitrogens with zero attached hydrogens (tertiary/aromatic N) is 2. The highest BCUT2D eigenvalue weighted by Gasteiger charge is 2.43. The molecule has 0 radical (unpaired) electrons. The van der Waals surface area contributed by atoms with E-state index in [2.05, 4.69) is 0 Å². The number of ether oxygens (including phenoxy) is 3. The number of morpholine rings is 1. The van der Waals surface area contributed by atoms with Crippen LogP contribution >= 0.6 is 0 Å². The Morgan fingerprint density at radius 3 is 2.36 bits per heavy atom. The van der Waals surface area contributed by atoms with Crippen LogP contribution in [0.15, 0.2) is 42.1 Å². The number of carbonyl (C=O) groups excluding carboxylic acids is 2. The third kappa shape index (κ3) is 3.86. The zero-order valence-electron chi connectivity index (χ0n) is 19.4. The maximum atomic E-state index is 13.7. The van der Waals surface area contributed by atoms with Crippen molar-refractivity contribution in [1.29, 1.82) is 0 Å². The maximum absolute atomic E-state index is 13.7. The average molecular weight is 449 g/mol. The lowest BCUT2D eigenvalue weighted by Gasteiger charge is -2.37. The van der Waals surface area contributed by atoms with Crippen molar-refractivity contribution < 1.29 is 23.8 Å². The number of benzene rings is 2. The van der Waals surface area contributed by atoms with E-state index in [1.54, 1.807) is 0 Å². The second-order valence-electron chi connectivity index (χ2n) is 9.09. The van der Waals surface area contributed by atoms with Crippen LogP contribution in [0.5, 0.6) is 11.5 Å². The highest BCUT2D eigenvalue weighted by Crippen LogP contribution is 2.37. The van der Waals surface area contributed by atoms with E-state index in [1.807, 2.05) is 69.0 Å². The van der Waals surface area contributed by atoms with Gasteiger partial charge in [0.1, 0.15) is 5.70 Å². The zero-order valence-corrected chi connectivity index (χ0v) is 19.4. The summed E-state index contributed by atoms with van der Waals surface area (Å²) in [6, 6.07) is 11.5. The van der Waals surface area contributed by atoms with E-state index in [1.165, 1.54) is 4.90 Å². The lowest BCUT2D eigenvalue weighted by molar-refractivity contribution is -0.139. The molecule has 3 aliphatic heterocycles. The maximum Gasteiger partial charge on any atom is 0.278 e. The van der Waals surface area contributed by atoms with Gasteiger partial charge in [-0.2, -0.15) is 0 Å². The minimum absolute atomic E-state index is 0.0348. The van der Waals surface area contributed by atoms with Crippen molar-refractivity contribution in [1.82, 2.24) is 9.80 Å². The van der Waals surface area contributed by atoms with E-state index in [9.17, 15) is 9.59 Å². The Balaban J connectivity index is 1.55. The number of rotatable bonds is 4. The summed E-state index contributed by atoms with van der Waals surface area (Å²) in [5, 5.41) is 0. The van der Waals surface area contributed by atoms with Crippen LogP contribution in [0.3, 0.4) is 0 Å². The zero-order chi connectivity index (χ0) is 23.3. The number of hydrogen-bond donors (Lipinski definition) is 0. The fourth-order valence-corrected chi connectivity index (χ4v) is 4.92. The molecule has 0 aromatic heterocycles. The molecule has 1 saturated heterocycles. The molecule has 0 aliphatic carbocycles. The molecule has 1 fully saturated rings. The molecule has 2 aromatic rings. The summed E-state index contributed by atoms with van der Waals surface area (Å²) in [5.74, 6) is 0.759. The van der Waals surface area contributed by atoms with Crippen molar-refractivity contribution in [2.24, 2.45) is 0 Å². The first-order chi connectivity index (χ1) is 15.8. The summed E-state index contributed by atoms with van der Waals surface area (Å²) >= 11 is 0. The summed E-state index contributed by atoms with van der Waals surface area (Å²) in [6.45, 7) is 9.45. The number of aryl methyl sites for hydroxylation is 2. The van der Waals surface area contributed by atoms with Crippen LogP contribution in [0.25, 0.3) is 5.57 Å². The van der Waals surface area contributed by atoms with Gasteiger partial charge < -0.3 is 19.1 Å². The summed E-state index contributed by atoms with van der Waals surface area (Å²) < 4.78 is 16.7. The molecule has 2 unspecified atom stereocenters. The molecule has 172 valence electrons. The van der Waals surface area contributed by atoms with Gasteiger partial charge in [0.15, 0.2) is 11.5 Å². The number of amides is 2. The van der Waals surface area contributed by atoms with Crippen LogP contribution in [0.4, 0.5) is 0 Å². The minimum Gasteiger partial charge on any atom is -0.454 e. The lowest BCUT2D eigenvalue weighted by Crippen LogP contribution is -2.46. The molecule has 0 N–H and O–H groups in total. The standard InChI is InChI=1S/C26H28N2O5/c1-15-5-7-20(16(2)9-15)23-24(27-11-17(3)33-18(4)12-27)26(30)28(25(23)29)13-19-6-8-21-22(10-19)32-14-31-21/h5-10,17-18H,11-14H2,1-4H3. The van der Waals surface area contributed by atoms with E-state index in [0.717, 1.165) is 22.3 Å². The van der Waals surface area contributed by atoms with Crippen LogP contribution in [-0.2, 0) is 20.9 Å². The van der Waals surface area contributed by atoms with Gasteiger partial charge in [0.05, 0.1) is 24.3 Å². The molecular weight excluding hydrogens is 420 g/mol. The van der Waals surface area contributed by atoms with Gasteiger partial charge in [-0.25, -0.2) is 0 Å². The SMILES string of the molecule is Cc1ccc(C2=C(N3CC(C)OC(C)C3)C(=O)N(Cc3ccc4c(c3)OCO4)C2=O)c(C)c1. The fraction of sp³-hybridized carbons (Fsp3) is 0.385. The molecule has 3 aliphatic rings. The third-order valence-electron chi connectivity index (χ3n) is 6.31. The largest absolute Gasteiger partial charge is 0.454 e. The third-order valence-corrected chi connectivity index (χ3v) is 6.31. The number of fused-ring (bicyclic) bond motifs is 1. The van der Waals surface area contributed by atoms with Gasteiger partial charge in [0, 0.05) is 13.1 Å². The molecule has 33 heavy (non-hydrogen) atoms. The smallest absolute Gasteiger partial charge is 0.278 e. The average Bonchev–Trinajstić information content (AvgIpc) is 3.31. The van der Waals surface area contributed by atoms with Crippen molar-refractivity contribution in [3.63, 3.8) is 0 Å². The van der Waals surface area contributed by atoms with Crippen LogP contribution in [0.2, 0.25) is 0 Å². The van der Waals surface area contributed by atoms with Gasteiger partial charge in [0.2, 0.25) is 6.79 Å². The quantitative estimate of drug-likeness (QED) is 0.668. The Kier molecular flexibility index (Phi) is 5.37. The first-order valence-electron chi connectivity index (χ1n) is 11.3. The van der Waals surface area contributed by atoms with E-state index < -0.39 is 0 Å². The van der Waals surface area contributed by atoms with E-state index >= 15 is 0 Å². The van der Waals surface area contributed by atoms with Crippen molar-refractivity contribution in [2.75, 3.05) is 19.9 Å². The van der Waals surface area contributed by atoms with Crippen molar-refractivity contribution >= 4 is 17.4 Å². The molecule has 3 heterocycles. The van der Waals surface area contributed by atoms with Gasteiger partial charge in [0.25, 0.3) is 11.8 Å². The van der Waals surface area contributed by atoms with Crippen LogP contribution in [0, 0.1) is 13.8 Å². The predicted molar refractivity (Wildman–Crippen MR) is 123 cm³/mol. The molecule has 5 rings (SSSR count). The Morgan fingerprint density at radius 2 is 1.64 bits per heavy atom. The molecule has 2 atom stereocenters. The molecule has 2 aromatic carbocycles. The topological polar surface area (TPSA) is 68.3 Å². The van der Waals surface area contributed by atoms with Gasteiger partial charge >= 0.3 is 0 Å².